The highest BCUT2D eigenvalue weighted by Crippen LogP contribution is 2.28. The molecule has 3 aromatic carbocycles. The number of hydrogen-bond donors (Lipinski definition) is 1. The van der Waals surface area contributed by atoms with E-state index < -0.39 is 4.92 Å². The van der Waals surface area contributed by atoms with Crippen LogP contribution >= 0.6 is 0 Å². The van der Waals surface area contributed by atoms with Crippen molar-refractivity contribution in [1.29, 1.82) is 0 Å². The molecule has 0 fully saturated rings. The maximum atomic E-state index is 12.2. The normalized spacial score (nSPS) is 10.6. The van der Waals surface area contributed by atoms with Gasteiger partial charge in [-0.3, -0.25) is 14.9 Å². The van der Waals surface area contributed by atoms with Crippen LogP contribution in [0.5, 0.6) is 11.5 Å². The van der Waals surface area contributed by atoms with Crippen LogP contribution in [0.25, 0.3) is 0 Å². The summed E-state index contributed by atoms with van der Waals surface area (Å²) < 4.78 is 11.1. The van der Waals surface area contributed by atoms with E-state index in [1.54, 1.807) is 42.5 Å². The summed E-state index contributed by atoms with van der Waals surface area (Å²) in [6.45, 7) is 2.09. The summed E-state index contributed by atoms with van der Waals surface area (Å²) in [4.78, 5) is 22.5. The number of methoxy groups -OCH3 is 1. The molecule has 0 aromatic heterocycles. The van der Waals surface area contributed by atoms with Crippen molar-refractivity contribution in [1.82, 2.24) is 5.43 Å². The Morgan fingerprint density at radius 2 is 1.84 bits per heavy atom. The van der Waals surface area contributed by atoms with Crippen LogP contribution in [0, 0.1) is 17.0 Å². The number of benzene rings is 3. The van der Waals surface area contributed by atoms with E-state index in [9.17, 15) is 14.9 Å². The van der Waals surface area contributed by atoms with E-state index in [0.29, 0.717) is 22.6 Å². The van der Waals surface area contributed by atoms with Gasteiger partial charge in [0.2, 0.25) is 0 Å². The van der Waals surface area contributed by atoms with Gasteiger partial charge in [0, 0.05) is 17.7 Å². The van der Waals surface area contributed by atoms with Gasteiger partial charge in [-0.25, -0.2) is 5.43 Å². The molecule has 0 aliphatic heterocycles. The highest BCUT2D eigenvalue weighted by molar-refractivity contribution is 5.96. The molecule has 0 unspecified atom stereocenters. The molecule has 0 radical (unpaired) electrons. The molecule has 8 heteroatoms. The third-order valence-corrected chi connectivity index (χ3v) is 4.50. The van der Waals surface area contributed by atoms with Crippen LogP contribution in [0.1, 0.15) is 27.0 Å². The quantitative estimate of drug-likeness (QED) is 0.334. The number of nitro benzene ring substituents is 1. The fourth-order valence-electron chi connectivity index (χ4n) is 2.81. The van der Waals surface area contributed by atoms with Crippen molar-refractivity contribution in [2.75, 3.05) is 7.11 Å². The van der Waals surface area contributed by atoms with Crippen molar-refractivity contribution < 1.29 is 19.2 Å². The zero-order chi connectivity index (χ0) is 22.2. The monoisotopic (exact) mass is 419 g/mol. The SMILES string of the molecule is COc1cc(/C=N\NC(=O)c2ccccc2C)ccc1OCc1ccc([N+](=O)[O-])cc1. The van der Waals surface area contributed by atoms with Crippen LogP contribution in [0.2, 0.25) is 0 Å². The Bertz CT molecular complexity index is 1110. The first-order valence-corrected chi connectivity index (χ1v) is 9.41. The number of nitrogens with zero attached hydrogens (tertiary/aromatic N) is 2. The molecule has 0 saturated heterocycles. The van der Waals surface area contributed by atoms with E-state index in [1.165, 1.54) is 25.5 Å². The smallest absolute Gasteiger partial charge is 0.271 e. The van der Waals surface area contributed by atoms with Crippen molar-refractivity contribution in [2.24, 2.45) is 5.10 Å². The molecular weight excluding hydrogens is 398 g/mol. The second kappa shape index (κ2) is 10.0. The lowest BCUT2D eigenvalue weighted by atomic mass is 10.1. The number of nitrogens with one attached hydrogen (secondary N) is 1. The van der Waals surface area contributed by atoms with E-state index >= 15 is 0 Å². The van der Waals surface area contributed by atoms with Gasteiger partial charge in [0.1, 0.15) is 6.61 Å². The van der Waals surface area contributed by atoms with Crippen molar-refractivity contribution in [3.8, 4) is 11.5 Å². The average Bonchev–Trinajstić information content (AvgIpc) is 2.78. The lowest BCUT2D eigenvalue weighted by Gasteiger charge is -2.11. The van der Waals surface area contributed by atoms with E-state index in [4.69, 9.17) is 9.47 Å². The third-order valence-electron chi connectivity index (χ3n) is 4.50. The topological polar surface area (TPSA) is 103 Å². The molecule has 0 saturated carbocycles. The minimum Gasteiger partial charge on any atom is -0.493 e. The molecule has 158 valence electrons. The summed E-state index contributed by atoms with van der Waals surface area (Å²) in [6.07, 6.45) is 1.51. The lowest BCUT2D eigenvalue weighted by molar-refractivity contribution is -0.384. The molecule has 8 nitrogen and oxygen atoms in total. The van der Waals surface area contributed by atoms with E-state index in [1.807, 2.05) is 19.1 Å². The van der Waals surface area contributed by atoms with Gasteiger partial charge in [-0.05, 0) is 60.0 Å². The fraction of sp³-hybridized carbons (Fsp3) is 0.130. The minimum atomic E-state index is -0.447. The van der Waals surface area contributed by atoms with Crippen LogP contribution in [0.3, 0.4) is 0 Å². The van der Waals surface area contributed by atoms with Crippen molar-refractivity contribution in [3.05, 3.63) is 99.1 Å². The zero-order valence-electron chi connectivity index (χ0n) is 17.1. The minimum absolute atomic E-state index is 0.0273. The third kappa shape index (κ3) is 5.66. The predicted molar refractivity (Wildman–Crippen MR) is 117 cm³/mol. The summed E-state index contributed by atoms with van der Waals surface area (Å²) in [5, 5.41) is 14.7. The van der Waals surface area contributed by atoms with Crippen molar-refractivity contribution in [3.63, 3.8) is 0 Å². The number of aryl methyl sites for hydroxylation is 1. The number of hydrogen-bond acceptors (Lipinski definition) is 6. The molecular formula is C23H21N3O5. The molecule has 31 heavy (non-hydrogen) atoms. The Kier molecular flexibility index (Phi) is 6.95. The number of ether oxygens (including phenoxy) is 2. The largest absolute Gasteiger partial charge is 0.493 e. The van der Waals surface area contributed by atoms with Gasteiger partial charge < -0.3 is 9.47 Å². The maximum Gasteiger partial charge on any atom is 0.271 e. The highest BCUT2D eigenvalue weighted by Gasteiger charge is 2.09. The van der Waals surface area contributed by atoms with Crippen molar-refractivity contribution in [2.45, 2.75) is 13.5 Å². The standard InChI is InChI=1S/C23H21N3O5/c1-16-5-3-4-6-20(16)23(27)25-24-14-18-9-12-21(22(13-18)30-2)31-15-17-7-10-19(11-8-17)26(28)29/h3-14H,15H2,1-2H3,(H,25,27)/b24-14-. The van der Waals surface area contributed by atoms with Crippen LogP contribution < -0.4 is 14.9 Å². The molecule has 1 N–H and O–H groups in total. The molecule has 0 aliphatic rings. The number of rotatable bonds is 8. The Morgan fingerprint density at radius 1 is 1.10 bits per heavy atom. The van der Waals surface area contributed by atoms with Gasteiger partial charge in [0.05, 0.1) is 18.2 Å². The summed E-state index contributed by atoms with van der Waals surface area (Å²) in [6, 6.07) is 18.6. The van der Waals surface area contributed by atoms with Gasteiger partial charge in [0.15, 0.2) is 11.5 Å². The second-order valence-electron chi connectivity index (χ2n) is 6.64. The van der Waals surface area contributed by atoms with E-state index in [0.717, 1.165) is 11.1 Å². The number of carbonyl (C=O) groups excluding carboxylic acids is 1. The molecule has 0 atom stereocenters. The average molecular weight is 419 g/mol. The van der Waals surface area contributed by atoms with Gasteiger partial charge in [-0.15, -0.1) is 0 Å². The summed E-state index contributed by atoms with van der Waals surface area (Å²) >= 11 is 0. The van der Waals surface area contributed by atoms with Gasteiger partial charge in [-0.1, -0.05) is 18.2 Å². The number of hydrazone groups is 1. The Balaban J connectivity index is 1.62. The van der Waals surface area contributed by atoms with Gasteiger partial charge in [-0.2, -0.15) is 5.10 Å². The first-order valence-electron chi connectivity index (χ1n) is 9.41. The maximum absolute atomic E-state index is 12.2. The first-order chi connectivity index (χ1) is 15.0. The molecule has 3 aromatic rings. The molecule has 3 rings (SSSR count). The van der Waals surface area contributed by atoms with Crippen LogP contribution in [0.15, 0.2) is 71.8 Å². The summed E-state index contributed by atoms with van der Waals surface area (Å²) in [7, 11) is 1.52. The number of non-ortho nitro benzene ring substituents is 1. The predicted octanol–water partition coefficient (Wildman–Crippen LogP) is 4.25. The summed E-state index contributed by atoms with van der Waals surface area (Å²) in [5.41, 5.74) is 5.47. The van der Waals surface area contributed by atoms with Crippen LogP contribution in [-0.2, 0) is 6.61 Å². The molecule has 0 aliphatic carbocycles. The Morgan fingerprint density at radius 3 is 2.52 bits per heavy atom. The zero-order valence-corrected chi connectivity index (χ0v) is 17.1. The summed E-state index contributed by atoms with van der Waals surface area (Å²) in [5.74, 6) is 0.724. The Hall–Kier alpha value is -4.20. The van der Waals surface area contributed by atoms with E-state index in [-0.39, 0.29) is 18.2 Å². The molecule has 0 spiro atoms. The number of nitro groups is 1. The van der Waals surface area contributed by atoms with Crippen molar-refractivity contribution >= 4 is 17.8 Å². The number of amides is 1. The van der Waals surface area contributed by atoms with Crippen LogP contribution in [0.4, 0.5) is 5.69 Å². The highest BCUT2D eigenvalue weighted by atomic mass is 16.6. The molecule has 0 heterocycles. The Labute approximate surface area is 179 Å². The second-order valence-corrected chi connectivity index (χ2v) is 6.64. The fourth-order valence-corrected chi connectivity index (χ4v) is 2.81. The lowest BCUT2D eigenvalue weighted by Crippen LogP contribution is -2.18. The molecule has 1 amide bonds. The first kappa shape index (κ1) is 21.5. The number of carbonyl (C=O) groups is 1. The van der Waals surface area contributed by atoms with E-state index in [2.05, 4.69) is 10.5 Å². The van der Waals surface area contributed by atoms with Gasteiger partial charge >= 0.3 is 0 Å². The van der Waals surface area contributed by atoms with Gasteiger partial charge in [0.25, 0.3) is 11.6 Å². The van der Waals surface area contributed by atoms with Crippen LogP contribution in [-0.4, -0.2) is 24.2 Å². The molecule has 0 bridgehead atoms.